The van der Waals surface area contributed by atoms with Crippen molar-refractivity contribution in [3.8, 4) is 0 Å². The maximum absolute atomic E-state index is 4.48. The fourth-order valence-corrected chi connectivity index (χ4v) is 2.77. The quantitative estimate of drug-likeness (QED) is 0.867. The van der Waals surface area contributed by atoms with Crippen LogP contribution in [0.15, 0.2) is 24.4 Å². The summed E-state index contributed by atoms with van der Waals surface area (Å²) in [6.07, 6.45) is 2.01. The molecular formula is C14H20N4. The van der Waals surface area contributed by atoms with Gasteiger partial charge in [-0.2, -0.15) is 0 Å². The zero-order valence-electron chi connectivity index (χ0n) is 11.1. The number of aromatic nitrogens is 2. The average molecular weight is 244 g/mol. The Morgan fingerprint density at radius 3 is 3.17 bits per heavy atom. The van der Waals surface area contributed by atoms with Crippen LogP contribution in [0.5, 0.6) is 0 Å². The van der Waals surface area contributed by atoms with E-state index in [9.17, 15) is 0 Å². The number of hydrogen-bond donors (Lipinski definition) is 1. The van der Waals surface area contributed by atoms with Crippen molar-refractivity contribution >= 4 is 5.65 Å². The molecule has 3 heterocycles. The molecule has 0 saturated carbocycles. The van der Waals surface area contributed by atoms with Gasteiger partial charge in [-0.05, 0) is 26.0 Å². The van der Waals surface area contributed by atoms with E-state index < -0.39 is 0 Å². The van der Waals surface area contributed by atoms with Gasteiger partial charge in [-0.3, -0.25) is 4.90 Å². The summed E-state index contributed by atoms with van der Waals surface area (Å²) in [5.41, 5.74) is 3.59. The second-order valence-corrected chi connectivity index (χ2v) is 5.20. The van der Waals surface area contributed by atoms with E-state index in [1.54, 1.807) is 0 Å². The second kappa shape index (κ2) is 4.71. The molecule has 1 saturated heterocycles. The average Bonchev–Trinajstić information content (AvgIpc) is 2.74. The number of fused-ring (bicyclic) bond motifs is 1. The van der Waals surface area contributed by atoms with Crippen LogP contribution >= 0.6 is 0 Å². The van der Waals surface area contributed by atoms with Gasteiger partial charge < -0.3 is 9.72 Å². The molecule has 0 aromatic carbocycles. The van der Waals surface area contributed by atoms with Gasteiger partial charge in [0.1, 0.15) is 5.65 Å². The molecule has 1 aliphatic rings. The Hall–Kier alpha value is -1.39. The van der Waals surface area contributed by atoms with Crippen molar-refractivity contribution in [2.75, 3.05) is 19.6 Å². The maximum Gasteiger partial charge on any atom is 0.137 e. The fourth-order valence-electron chi connectivity index (χ4n) is 2.77. The number of pyridine rings is 1. The summed E-state index contributed by atoms with van der Waals surface area (Å²) in [7, 11) is 0. The van der Waals surface area contributed by atoms with Crippen LogP contribution in [0.1, 0.15) is 18.3 Å². The molecule has 1 fully saturated rings. The SMILES string of the molecule is Cc1cccc2ncc(CN3CCN[C@@H](C)C3)n12. The highest BCUT2D eigenvalue weighted by Crippen LogP contribution is 2.13. The van der Waals surface area contributed by atoms with Crippen LogP contribution in [-0.4, -0.2) is 40.0 Å². The van der Waals surface area contributed by atoms with E-state index in [4.69, 9.17) is 0 Å². The molecule has 2 aromatic heterocycles. The van der Waals surface area contributed by atoms with E-state index >= 15 is 0 Å². The van der Waals surface area contributed by atoms with Gasteiger partial charge in [0.2, 0.25) is 0 Å². The molecule has 0 spiro atoms. The highest BCUT2D eigenvalue weighted by atomic mass is 15.2. The molecular weight excluding hydrogens is 224 g/mol. The van der Waals surface area contributed by atoms with Crippen LogP contribution in [0.3, 0.4) is 0 Å². The summed E-state index contributed by atoms with van der Waals surface area (Å²) in [5, 5.41) is 3.48. The predicted molar refractivity (Wildman–Crippen MR) is 72.7 cm³/mol. The molecule has 18 heavy (non-hydrogen) atoms. The van der Waals surface area contributed by atoms with Gasteiger partial charge in [0.15, 0.2) is 0 Å². The van der Waals surface area contributed by atoms with Gasteiger partial charge in [-0.15, -0.1) is 0 Å². The van der Waals surface area contributed by atoms with Crippen LogP contribution in [0, 0.1) is 6.92 Å². The molecule has 4 nitrogen and oxygen atoms in total. The standard InChI is InChI=1S/C14H20N4/c1-11-9-17(7-6-15-11)10-13-8-16-14-5-3-4-12(2)18(13)14/h3-5,8,11,15H,6-7,9-10H2,1-2H3/t11-/m0/s1. The maximum atomic E-state index is 4.48. The highest BCUT2D eigenvalue weighted by Gasteiger charge is 2.17. The van der Waals surface area contributed by atoms with Gasteiger partial charge in [-0.25, -0.2) is 4.98 Å². The highest BCUT2D eigenvalue weighted by molar-refractivity contribution is 5.42. The number of hydrogen-bond acceptors (Lipinski definition) is 3. The molecule has 3 rings (SSSR count). The van der Waals surface area contributed by atoms with E-state index in [-0.39, 0.29) is 0 Å². The monoisotopic (exact) mass is 244 g/mol. The van der Waals surface area contributed by atoms with Crippen LogP contribution in [0.4, 0.5) is 0 Å². The first kappa shape index (κ1) is 11.7. The topological polar surface area (TPSA) is 32.6 Å². The summed E-state index contributed by atoms with van der Waals surface area (Å²) in [6, 6.07) is 6.85. The molecule has 0 aliphatic carbocycles. The van der Waals surface area contributed by atoms with Gasteiger partial charge in [0.25, 0.3) is 0 Å². The van der Waals surface area contributed by atoms with Crippen molar-refractivity contribution in [2.24, 2.45) is 0 Å². The van der Waals surface area contributed by atoms with Crippen LogP contribution in [-0.2, 0) is 6.54 Å². The van der Waals surface area contributed by atoms with Gasteiger partial charge in [0, 0.05) is 37.9 Å². The molecule has 1 aliphatic heterocycles. The summed E-state index contributed by atoms with van der Waals surface area (Å²) < 4.78 is 2.26. The molecule has 0 radical (unpaired) electrons. The molecule has 0 amide bonds. The molecule has 4 heteroatoms. The Bertz CT molecular complexity index is 546. The second-order valence-electron chi connectivity index (χ2n) is 5.20. The molecule has 0 bridgehead atoms. The van der Waals surface area contributed by atoms with Gasteiger partial charge in [0.05, 0.1) is 11.9 Å². The Morgan fingerprint density at radius 1 is 1.44 bits per heavy atom. The lowest BCUT2D eigenvalue weighted by atomic mass is 10.2. The Kier molecular flexibility index (Phi) is 3.06. The predicted octanol–water partition coefficient (Wildman–Crippen LogP) is 1.44. The van der Waals surface area contributed by atoms with Crippen molar-refractivity contribution in [2.45, 2.75) is 26.4 Å². The van der Waals surface area contributed by atoms with E-state index in [1.807, 2.05) is 6.20 Å². The van der Waals surface area contributed by atoms with E-state index in [1.165, 1.54) is 11.4 Å². The smallest absolute Gasteiger partial charge is 0.137 e. The third-order valence-corrected chi connectivity index (χ3v) is 3.64. The van der Waals surface area contributed by atoms with Crippen molar-refractivity contribution in [1.82, 2.24) is 19.6 Å². The van der Waals surface area contributed by atoms with Crippen molar-refractivity contribution in [1.29, 1.82) is 0 Å². The Balaban J connectivity index is 1.86. The Morgan fingerprint density at radius 2 is 2.33 bits per heavy atom. The Labute approximate surface area is 108 Å². The first-order valence-corrected chi connectivity index (χ1v) is 6.62. The molecule has 2 aromatic rings. The first-order chi connectivity index (χ1) is 8.74. The van der Waals surface area contributed by atoms with Crippen molar-refractivity contribution in [3.05, 3.63) is 35.8 Å². The third-order valence-electron chi connectivity index (χ3n) is 3.64. The molecule has 96 valence electrons. The summed E-state index contributed by atoms with van der Waals surface area (Å²) in [5.74, 6) is 0. The minimum absolute atomic E-state index is 0.582. The minimum Gasteiger partial charge on any atom is -0.312 e. The van der Waals surface area contributed by atoms with E-state index in [2.05, 4.69) is 51.6 Å². The normalized spacial score (nSPS) is 21.6. The van der Waals surface area contributed by atoms with E-state index in [0.717, 1.165) is 31.8 Å². The van der Waals surface area contributed by atoms with Crippen LogP contribution in [0.25, 0.3) is 5.65 Å². The number of nitrogens with one attached hydrogen (secondary N) is 1. The zero-order valence-corrected chi connectivity index (χ0v) is 11.1. The zero-order chi connectivity index (χ0) is 12.5. The number of rotatable bonds is 2. The van der Waals surface area contributed by atoms with Crippen molar-refractivity contribution in [3.63, 3.8) is 0 Å². The lowest BCUT2D eigenvalue weighted by Crippen LogP contribution is -2.48. The summed E-state index contributed by atoms with van der Waals surface area (Å²) >= 11 is 0. The van der Waals surface area contributed by atoms with Crippen LogP contribution < -0.4 is 5.32 Å². The molecule has 1 N–H and O–H groups in total. The summed E-state index contributed by atoms with van der Waals surface area (Å²) in [4.78, 5) is 6.98. The number of aryl methyl sites for hydroxylation is 1. The van der Waals surface area contributed by atoms with Gasteiger partial charge >= 0.3 is 0 Å². The first-order valence-electron chi connectivity index (χ1n) is 6.62. The lowest BCUT2D eigenvalue weighted by Gasteiger charge is -2.31. The van der Waals surface area contributed by atoms with Gasteiger partial charge in [-0.1, -0.05) is 6.07 Å². The number of piperazine rings is 1. The van der Waals surface area contributed by atoms with Crippen LogP contribution in [0.2, 0.25) is 0 Å². The molecule has 0 unspecified atom stereocenters. The molecule has 1 atom stereocenters. The number of nitrogens with zero attached hydrogens (tertiary/aromatic N) is 3. The lowest BCUT2D eigenvalue weighted by molar-refractivity contribution is 0.197. The summed E-state index contributed by atoms with van der Waals surface area (Å²) in [6.45, 7) is 8.67. The third kappa shape index (κ3) is 2.13. The minimum atomic E-state index is 0.582. The van der Waals surface area contributed by atoms with E-state index in [0.29, 0.717) is 6.04 Å². The number of imidazole rings is 1. The fraction of sp³-hybridized carbons (Fsp3) is 0.500. The largest absolute Gasteiger partial charge is 0.312 e. The van der Waals surface area contributed by atoms with Crippen molar-refractivity contribution < 1.29 is 0 Å².